The molecule has 0 aliphatic heterocycles. The van der Waals surface area contributed by atoms with Crippen molar-refractivity contribution in [1.82, 2.24) is 15.3 Å². The molecule has 0 atom stereocenters. The monoisotopic (exact) mass is 607 g/mol. The molecule has 0 saturated carbocycles. The number of carboxylic acids is 2. The van der Waals surface area contributed by atoms with Crippen LogP contribution in [-0.4, -0.2) is 45.5 Å². The molecule has 0 fully saturated rings. The van der Waals surface area contributed by atoms with Crippen LogP contribution in [0.5, 0.6) is 23.3 Å². The predicted molar refractivity (Wildman–Crippen MR) is 163 cm³/mol. The van der Waals surface area contributed by atoms with E-state index in [0.29, 0.717) is 46.2 Å². The molecule has 2 aromatic heterocycles. The van der Waals surface area contributed by atoms with E-state index in [1.54, 1.807) is 48.5 Å². The van der Waals surface area contributed by atoms with E-state index in [2.05, 4.69) is 21.4 Å². The number of aliphatic carboxylic acids is 2. The SMILES string of the molecule is CNCc1cccc(Oc2nc(C)ccc2C#N)c1.Cc1ccc(C#N)c(Oc2cccc(C=O)c2)n1.O=C(O)/C=C/C(=O)O. The van der Waals surface area contributed by atoms with E-state index in [1.165, 1.54) is 0 Å². The number of ether oxygens (including phenoxy) is 2. The van der Waals surface area contributed by atoms with E-state index < -0.39 is 11.9 Å². The molecule has 0 amide bonds. The van der Waals surface area contributed by atoms with Crippen molar-refractivity contribution in [2.45, 2.75) is 20.4 Å². The van der Waals surface area contributed by atoms with Crippen molar-refractivity contribution < 1.29 is 34.1 Å². The molecule has 0 aliphatic carbocycles. The number of hydrogen-bond donors (Lipinski definition) is 3. The molecule has 45 heavy (non-hydrogen) atoms. The molecule has 12 nitrogen and oxygen atoms in total. The fourth-order valence-corrected chi connectivity index (χ4v) is 3.33. The quantitative estimate of drug-likeness (QED) is 0.163. The van der Waals surface area contributed by atoms with Crippen molar-refractivity contribution in [3.8, 4) is 35.4 Å². The largest absolute Gasteiger partial charge is 0.478 e. The summed E-state index contributed by atoms with van der Waals surface area (Å²) < 4.78 is 11.2. The minimum Gasteiger partial charge on any atom is -0.478 e. The summed E-state index contributed by atoms with van der Waals surface area (Å²) >= 11 is 0. The molecule has 2 heterocycles. The van der Waals surface area contributed by atoms with E-state index in [-0.39, 0.29) is 5.88 Å². The van der Waals surface area contributed by atoms with Crippen molar-refractivity contribution >= 4 is 18.2 Å². The maximum absolute atomic E-state index is 10.7. The fourth-order valence-electron chi connectivity index (χ4n) is 3.33. The lowest BCUT2D eigenvalue weighted by Gasteiger charge is -2.08. The molecular weight excluding hydrogens is 578 g/mol. The number of carbonyl (C=O) groups is 3. The first-order valence-corrected chi connectivity index (χ1v) is 13.1. The number of aryl methyl sites for hydroxylation is 2. The van der Waals surface area contributed by atoms with Gasteiger partial charge in [0.05, 0.1) is 0 Å². The number of benzene rings is 2. The Morgan fingerprint density at radius 1 is 0.800 bits per heavy atom. The summed E-state index contributed by atoms with van der Waals surface area (Å²) in [6.07, 6.45) is 1.85. The standard InChI is InChI=1S/C15H15N3O.C14H10N2O2.C4H4O4/c1-11-6-7-13(9-16)15(18-11)19-14-5-3-4-12(8-14)10-17-2;1-10-5-6-12(8-15)14(16-10)18-13-4-2-3-11(7-13)9-17;5-3(6)1-2-4(7)8/h3-8,17H,10H2,1-2H3;2-7,9H,1H3;1-2H,(H,5,6)(H,7,8)/b;;2-1+. The Morgan fingerprint density at radius 2 is 1.29 bits per heavy atom. The topological polar surface area (TPSA) is 196 Å². The van der Waals surface area contributed by atoms with Gasteiger partial charge in [0.1, 0.15) is 41.1 Å². The smallest absolute Gasteiger partial charge is 0.328 e. The Balaban J connectivity index is 0.000000255. The van der Waals surface area contributed by atoms with Gasteiger partial charge in [0.25, 0.3) is 0 Å². The van der Waals surface area contributed by atoms with Crippen molar-refractivity contribution in [2.24, 2.45) is 0 Å². The first-order chi connectivity index (χ1) is 21.6. The van der Waals surface area contributed by atoms with E-state index in [0.717, 1.165) is 29.8 Å². The number of carbonyl (C=O) groups excluding carboxylic acids is 1. The van der Waals surface area contributed by atoms with Crippen LogP contribution in [0.1, 0.15) is 38.4 Å². The molecule has 0 radical (unpaired) electrons. The van der Waals surface area contributed by atoms with E-state index in [4.69, 9.17) is 30.2 Å². The van der Waals surface area contributed by atoms with Gasteiger partial charge in [-0.3, -0.25) is 4.79 Å². The van der Waals surface area contributed by atoms with E-state index >= 15 is 0 Å². The Hall–Kier alpha value is -6.37. The van der Waals surface area contributed by atoms with Gasteiger partial charge in [-0.2, -0.15) is 10.5 Å². The summed E-state index contributed by atoms with van der Waals surface area (Å²) in [7, 11) is 1.89. The Labute approximate surface area is 259 Å². The molecule has 3 N–H and O–H groups in total. The van der Waals surface area contributed by atoms with Crippen LogP contribution < -0.4 is 14.8 Å². The van der Waals surface area contributed by atoms with Crippen LogP contribution in [0.25, 0.3) is 0 Å². The number of hydrogen-bond acceptors (Lipinski definition) is 10. The zero-order valence-corrected chi connectivity index (χ0v) is 24.6. The average molecular weight is 608 g/mol. The number of nitriles is 2. The molecule has 0 aliphatic rings. The number of nitrogens with one attached hydrogen (secondary N) is 1. The van der Waals surface area contributed by atoms with Crippen LogP contribution in [0.3, 0.4) is 0 Å². The minimum absolute atomic E-state index is 0.251. The molecule has 4 rings (SSSR count). The molecule has 12 heteroatoms. The number of nitrogens with zero attached hydrogens (tertiary/aromatic N) is 4. The summed E-state index contributed by atoms with van der Waals surface area (Å²) in [5.74, 6) is -0.749. The highest BCUT2D eigenvalue weighted by Gasteiger charge is 2.08. The van der Waals surface area contributed by atoms with Crippen LogP contribution in [0.2, 0.25) is 0 Å². The highest BCUT2D eigenvalue weighted by atomic mass is 16.5. The maximum Gasteiger partial charge on any atom is 0.328 e. The van der Waals surface area contributed by atoms with Gasteiger partial charge in [-0.1, -0.05) is 24.3 Å². The normalized spacial score (nSPS) is 9.71. The van der Waals surface area contributed by atoms with Crippen LogP contribution in [-0.2, 0) is 16.1 Å². The second kappa shape index (κ2) is 18.2. The van der Waals surface area contributed by atoms with Gasteiger partial charge in [0.15, 0.2) is 0 Å². The lowest BCUT2D eigenvalue weighted by atomic mass is 10.2. The molecule has 0 spiro atoms. The zero-order chi connectivity index (χ0) is 33.2. The Bertz CT molecular complexity index is 1740. The van der Waals surface area contributed by atoms with Crippen molar-refractivity contribution in [3.05, 3.63) is 119 Å². The minimum atomic E-state index is -1.26. The molecule has 4 aromatic rings. The molecule has 228 valence electrons. The number of aldehydes is 1. The fraction of sp³-hybridized carbons (Fsp3) is 0.121. The second-order valence-corrected chi connectivity index (χ2v) is 8.92. The first kappa shape index (κ1) is 34.8. The lowest BCUT2D eigenvalue weighted by molar-refractivity contribution is -0.134. The Kier molecular flexibility index (Phi) is 14.1. The number of pyridine rings is 2. The third-order valence-corrected chi connectivity index (χ3v) is 5.31. The summed E-state index contributed by atoms with van der Waals surface area (Å²) in [6, 6.07) is 25.4. The highest BCUT2D eigenvalue weighted by Crippen LogP contribution is 2.25. The van der Waals surface area contributed by atoms with Gasteiger partial charge >= 0.3 is 11.9 Å². The third kappa shape index (κ3) is 12.6. The maximum atomic E-state index is 10.7. The number of rotatable bonds is 9. The van der Waals surface area contributed by atoms with Gasteiger partial charge in [-0.05, 0) is 75.0 Å². The van der Waals surface area contributed by atoms with Gasteiger partial charge in [-0.15, -0.1) is 0 Å². The molecule has 0 bridgehead atoms. The van der Waals surface area contributed by atoms with Crippen LogP contribution in [0.15, 0.2) is 84.9 Å². The summed E-state index contributed by atoms with van der Waals surface area (Å²) in [4.78, 5) is 38.2. The predicted octanol–water partition coefficient (Wildman–Crippen LogP) is 5.35. The van der Waals surface area contributed by atoms with Gasteiger partial charge in [0, 0.05) is 35.6 Å². The van der Waals surface area contributed by atoms with Crippen molar-refractivity contribution in [2.75, 3.05) is 7.05 Å². The molecule has 0 saturated heterocycles. The number of carboxylic acid groups (broad SMARTS) is 2. The third-order valence-electron chi connectivity index (χ3n) is 5.31. The second-order valence-electron chi connectivity index (χ2n) is 8.92. The molecule has 0 unspecified atom stereocenters. The van der Waals surface area contributed by atoms with Gasteiger partial charge < -0.3 is 25.0 Å². The van der Waals surface area contributed by atoms with Crippen LogP contribution in [0.4, 0.5) is 0 Å². The van der Waals surface area contributed by atoms with E-state index in [1.807, 2.05) is 51.2 Å². The van der Waals surface area contributed by atoms with Crippen molar-refractivity contribution in [1.29, 1.82) is 10.5 Å². The van der Waals surface area contributed by atoms with Crippen molar-refractivity contribution in [3.63, 3.8) is 0 Å². The Morgan fingerprint density at radius 3 is 1.73 bits per heavy atom. The molecular formula is C33H29N5O7. The number of aromatic nitrogens is 2. The van der Waals surface area contributed by atoms with Crippen LogP contribution >= 0.6 is 0 Å². The summed E-state index contributed by atoms with van der Waals surface area (Å²) in [5, 5.41) is 36.7. The zero-order valence-electron chi connectivity index (χ0n) is 24.6. The molecule has 2 aromatic carbocycles. The summed E-state index contributed by atoms with van der Waals surface area (Å²) in [6.45, 7) is 4.45. The van der Waals surface area contributed by atoms with E-state index in [9.17, 15) is 14.4 Å². The summed E-state index contributed by atoms with van der Waals surface area (Å²) in [5.41, 5.74) is 4.00. The first-order valence-electron chi connectivity index (χ1n) is 13.1. The average Bonchev–Trinajstić information content (AvgIpc) is 3.01. The van der Waals surface area contributed by atoms with Gasteiger partial charge in [-0.25, -0.2) is 19.6 Å². The lowest BCUT2D eigenvalue weighted by Crippen LogP contribution is -2.04. The van der Waals surface area contributed by atoms with Gasteiger partial charge in [0.2, 0.25) is 11.8 Å². The van der Waals surface area contributed by atoms with Crippen LogP contribution in [0, 0.1) is 36.5 Å². The highest BCUT2D eigenvalue weighted by molar-refractivity contribution is 5.89.